The van der Waals surface area contributed by atoms with E-state index in [-0.39, 0.29) is 0 Å². The molecule has 88 valence electrons. The van der Waals surface area contributed by atoms with Crippen LogP contribution < -0.4 is 0 Å². The molecule has 16 heavy (non-hydrogen) atoms. The van der Waals surface area contributed by atoms with Gasteiger partial charge in [-0.25, -0.2) is 0 Å². The Morgan fingerprint density at radius 2 is 1.94 bits per heavy atom. The fourth-order valence-electron chi connectivity index (χ4n) is 4.37. The van der Waals surface area contributed by atoms with Crippen molar-refractivity contribution in [2.75, 3.05) is 0 Å². The largest absolute Gasteiger partial charge is 0.180 e. The molecule has 3 rings (SSSR count). The summed E-state index contributed by atoms with van der Waals surface area (Å²) in [4.78, 5) is 0. The van der Waals surface area contributed by atoms with Gasteiger partial charge in [-0.05, 0) is 5.92 Å². The first-order chi connectivity index (χ1) is 7.54. The van der Waals surface area contributed by atoms with Gasteiger partial charge in [0.2, 0.25) is 0 Å². The zero-order valence-electron chi connectivity index (χ0n) is 11.1. The molecule has 0 amide bonds. The summed E-state index contributed by atoms with van der Waals surface area (Å²) in [6.45, 7) is 12.3. The van der Waals surface area contributed by atoms with E-state index in [9.17, 15) is 0 Å². The third kappa shape index (κ3) is 2.24. The van der Waals surface area contributed by atoms with Crippen LogP contribution in [0.4, 0.5) is 0 Å². The van der Waals surface area contributed by atoms with Crippen LogP contribution in [0.25, 0.3) is 0 Å². The second kappa shape index (κ2) is 4.58. The van der Waals surface area contributed by atoms with E-state index in [1.807, 2.05) is 0 Å². The van der Waals surface area contributed by atoms with Gasteiger partial charge in [-0.2, -0.15) is 0 Å². The molecular weight excluding hydrogens is 207 g/mol. The van der Waals surface area contributed by atoms with Gasteiger partial charge in [0.05, 0.1) is 0 Å². The Balaban J connectivity index is 2.33. The van der Waals surface area contributed by atoms with E-state index >= 15 is 0 Å². The summed E-state index contributed by atoms with van der Waals surface area (Å²) in [5, 5.41) is 0. The lowest BCUT2D eigenvalue weighted by molar-refractivity contribution is 0.457. The molecule has 2 heteroatoms. The van der Waals surface area contributed by atoms with Crippen LogP contribution in [0.15, 0.2) is 18.3 Å². The lowest BCUT2D eigenvalue weighted by Crippen LogP contribution is -2.46. The summed E-state index contributed by atoms with van der Waals surface area (Å²) in [5.74, 6) is 4.29. The van der Waals surface area contributed by atoms with E-state index in [0.29, 0.717) is 0 Å². The van der Waals surface area contributed by atoms with Crippen molar-refractivity contribution < 1.29 is 0 Å². The highest BCUT2D eigenvalue weighted by molar-refractivity contribution is 6.92. The van der Waals surface area contributed by atoms with Crippen molar-refractivity contribution in [2.24, 2.45) is 5.92 Å². The second-order valence-corrected chi connectivity index (χ2v) is 12.3. The highest BCUT2D eigenvalue weighted by atomic mass is 28.3. The van der Waals surface area contributed by atoms with Crippen LogP contribution >= 0.6 is 0 Å². The molecule has 3 atom stereocenters. The summed E-state index contributed by atoms with van der Waals surface area (Å²) in [7, 11) is -1.04. The third-order valence-electron chi connectivity index (χ3n) is 4.84. The molecule has 0 aromatic carbocycles. The van der Waals surface area contributed by atoms with Gasteiger partial charge in [-0.15, -0.1) is 5.73 Å². The zero-order valence-corrected chi connectivity index (χ0v) is 12.1. The molecule has 2 bridgehead atoms. The van der Waals surface area contributed by atoms with Crippen molar-refractivity contribution in [3.8, 4) is 0 Å². The van der Waals surface area contributed by atoms with E-state index in [2.05, 4.69) is 37.9 Å². The van der Waals surface area contributed by atoms with Crippen LogP contribution in [0.2, 0.25) is 30.9 Å². The maximum Gasteiger partial charge on any atom is 0.180 e. The fraction of sp³-hybridized carbons (Fsp3) is 0.786. The van der Waals surface area contributed by atoms with Crippen molar-refractivity contribution in [3.05, 3.63) is 18.3 Å². The molecule has 2 unspecified atom stereocenters. The van der Waals surface area contributed by atoms with Gasteiger partial charge in [0.25, 0.3) is 0 Å². The van der Waals surface area contributed by atoms with Crippen LogP contribution in [0.1, 0.15) is 32.1 Å². The molecule has 3 fully saturated rings. The predicted molar refractivity (Wildman–Crippen MR) is 76.9 cm³/mol. The molecule has 0 spiro atoms. The summed E-state index contributed by atoms with van der Waals surface area (Å²) < 4.78 is 0. The minimum Gasteiger partial charge on any atom is -0.143 e. The van der Waals surface area contributed by atoms with E-state index in [4.69, 9.17) is 0 Å². The van der Waals surface area contributed by atoms with Gasteiger partial charge in [0.15, 0.2) is 6.71 Å². The highest BCUT2D eigenvalue weighted by Crippen LogP contribution is 2.52. The van der Waals surface area contributed by atoms with Gasteiger partial charge in [0.1, 0.15) is 0 Å². The van der Waals surface area contributed by atoms with E-state index in [1.54, 1.807) is 0 Å². The molecule has 0 N–H and O–H groups in total. The Morgan fingerprint density at radius 3 is 2.56 bits per heavy atom. The van der Waals surface area contributed by atoms with Gasteiger partial charge < -0.3 is 0 Å². The van der Waals surface area contributed by atoms with Gasteiger partial charge >= 0.3 is 0 Å². The maximum absolute atomic E-state index is 3.82. The molecule has 0 radical (unpaired) electrons. The van der Waals surface area contributed by atoms with Crippen LogP contribution in [0.3, 0.4) is 0 Å². The first-order valence-corrected chi connectivity index (χ1v) is 10.5. The summed E-state index contributed by atoms with van der Waals surface area (Å²) >= 11 is 0. The lowest BCUT2D eigenvalue weighted by atomic mass is 9.34. The van der Waals surface area contributed by atoms with Crippen molar-refractivity contribution in [2.45, 2.75) is 63.0 Å². The molecule has 1 aliphatic carbocycles. The van der Waals surface area contributed by atoms with E-state index < -0.39 is 8.07 Å². The topological polar surface area (TPSA) is 0 Å². The minimum atomic E-state index is -1.04. The number of fused-ring (bicyclic) bond motifs is 4. The smallest absolute Gasteiger partial charge is 0.143 e. The molecule has 0 aromatic rings. The SMILES string of the molecule is C=C=CB1C([Si](C)(C)C)C2CCC[C@@H]1CC2. The molecule has 3 aliphatic rings. The molecule has 0 nitrogen and oxygen atoms in total. The van der Waals surface area contributed by atoms with Crippen molar-refractivity contribution in [3.63, 3.8) is 0 Å². The Kier molecular flexibility index (Phi) is 3.51. The van der Waals surface area contributed by atoms with Crippen LogP contribution in [-0.2, 0) is 0 Å². The third-order valence-corrected chi connectivity index (χ3v) is 7.69. The second-order valence-electron chi connectivity index (χ2n) is 6.87. The van der Waals surface area contributed by atoms with Crippen LogP contribution in [0.5, 0.6) is 0 Å². The quantitative estimate of drug-likeness (QED) is 0.483. The Hall–Kier alpha value is -0.198. The Bertz CT molecular complexity index is 294. The number of rotatable bonds is 2. The summed E-state index contributed by atoms with van der Waals surface area (Å²) in [6.07, 6.45) is 7.39. The number of hydrogen-bond acceptors (Lipinski definition) is 0. The summed E-state index contributed by atoms with van der Waals surface area (Å²) in [5.41, 5.74) is 4.09. The lowest BCUT2D eigenvalue weighted by Gasteiger charge is -2.43. The zero-order chi connectivity index (χ0) is 11.8. The fourth-order valence-corrected chi connectivity index (χ4v) is 7.64. The average Bonchev–Trinajstić information content (AvgIpc) is 2.49. The normalized spacial score (nSPS) is 34.4. The maximum atomic E-state index is 3.82. The van der Waals surface area contributed by atoms with Crippen LogP contribution in [-0.4, -0.2) is 14.8 Å². The van der Waals surface area contributed by atoms with Gasteiger partial charge in [-0.1, -0.05) is 75.6 Å². The molecule has 2 heterocycles. The number of hydrogen-bond donors (Lipinski definition) is 0. The molecule has 2 saturated heterocycles. The molecule has 1 saturated carbocycles. The average molecular weight is 232 g/mol. The Labute approximate surface area is 102 Å². The van der Waals surface area contributed by atoms with Crippen molar-refractivity contribution in [1.82, 2.24) is 0 Å². The van der Waals surface area contributed by atoms with Crippen LogP contribution in [0, 0.1) is 5.92 Å². The van der Waals surface area contributed by atoms with Crippen molar-refractivity contribution in [1.29, 1.82) is 0 Å². The minimum absolute atomic E-state index is 0.811. The standard InChI is InChI=1S/C14H25BSi/c1-5-11-15-13-8-6-7-12(9-10-13)14(15)16(2,3)4/h11-14H,1,6-10H2,2-4H3/t12?,13-,14?/m1/s1. The van der Waals surface area contributed by atoms with E-state index in [1.165, 1.54) is 32.1 Å². The monoisotopic (exact) mass is 232 g/mol. The summed E-state index contributed by atoms with van der Waals surface area (Å²) in [6, 6.07) is 0. The predicted octanol–water partition coefficient (Wildman–Crippen LogP) is 4.57. The molecule has 0 aromatic heterocycles. The van der Waals surface area contributed by atoms with Crippen molar-refractivity contribution >= 4 is 14.8 Å². The van der Waals surface area contributed by atoms with Gasteiger partial charge in [-0.3, -0.25) is 0 Å². The first kappa shape index (κ1) is 12.3. The van der Waals surface area contributed by atoms with E-state index in [0.717, 1.165) is 23.9 Å². The first-order valence-electron chi connectivity index (χ1n) is 6.90. The van der Waals surface area contributed by atoms with Gasteiger partial charge in [0, 0.05) is 8.07 Å². The molecule has 2 aliphatic heterocycles. The Morgan fingerprint density at radius 1 is 1.19 bits per heavy atom. The highest BCUT2D eigenvalue weighted by Gasteiger charge is 2.47. The molecular formula is C14H25BSi.